The van der Waals surface area contributed by atoms with E-state index in [1.165, 1.54) is 0 Å². The largest absolute Gasteiger partial charge is 0.476 e. The van der Waals surface area contributed by atoms with E-state index in [1.54, 1.807) is 17.4 Å². The minimum atomic E-state index is 0.469. The number of nitrogens with two attached hydrogens (primary N) is 1. The first kappa shape index (κ1) is 12.6. The van der Waals surface area contributed by atoms with Crippen LogP contribution >= 0.6 is 11.3 Å². The Morgan fingerprint density at radius 1 is 1.39 bits per heavy atom. The van der Waals surface area contributed by atoms with Gasteiger partial charge in [-0.1, -0.05) is 0 Å². The molecule has 96 valence electrons. The third-order valence-corrected chi connectivity index (χ3v) is 3.11. The first-order valence-electron chi connectivity index (χ1n) is 5.73. The molecule has 0 unspecified atom stereocenters. The fraction of sp³-hybridized carbons (Fsp3) is 0.333. The van der Waals surface area contributed by atoms with Gasteiger partial charge in [-0.3, -0.25) is 0 Å². The Balaban J connectivity index is 2.03. The molecular formula is C12H16N4OS. The molecule has 0 saturated carbocycles. The monoisotopic (exact) mass is 264 g/mol. The van der Waals surface area contributed by atoms with Gasteiger partial charge in [0.2, 0.25) is 5.88 Å². The zero-order valence-electron chi connectivity index (χ0n) is 10.4. The minimum Gasteiger partial charge on any atom is -0.476 e. The smallest absolute Gasteiger partial charge is 0.239 e. The number of pyridine rings is 1. The van der Waals surface area contributed by atoms with Crippen LogP contribution in [0.15, 0.2) is 17.5 Å². The van der Waals surface area contributed by atoms with Crippen molar-refractivity contribution in [3.8, 4) is 5.88 Å². The zero-order valence-corrected chi connectivity index (χ0v) is 11.3. The molecule has 0 saturated heterocycles. The molecule has 18 heavy (non-hydrogen) atoms. The molecule has 0 aliphatic rings. The van der Waals surface area contributed by atoms with Crippen molar-refractivity contribution in [2.24, 2.45) is 0 Å². The molecule has 2 aromatic heterocycles. The first-order chi connectivity index (χ1) is 8.69. The van der Waals surface area contributed by atoms with E-state index in [2.05, 4.69) is 15.3 Å². The summed E-state index contributed by atoms with van der Waals surface area (Å²) >= 11 is 1.64. The van der Waals surface area contributed by atoms with E-state index >= 15 is 0 Å². The van der Waals surface area contributed by atoms with Gasteiger partial charge in [0.25, 0.3) is 0 Å². The van der Waals surface area contributed by atoms with Gasteiger partial charge in [0, 0.05) is 5.38 Å². The Labute approximate surface area is 110 Å². The lowest BCUT2D eigenvalue weighted by Gasteiger charge is -2.08. The number of aromatic nitrogens is 2. The summed E-state index contributed by atoms with van der Waals surface area (Å²) in [6.45, 7) is 5.08. The fourth-order valence-corrected chi connectivity index (χ4v) is 2.09. The van der Waals surface area contributed by atoms with Crippen molar-refractivity contribution < 1.29 is 4.74 Å². The van der Waals surface area contributed by atoms with Gasteiger partial charge in [0.1, 0.15) is 5.82 Å². The third kappa shape index (κ3) is 3.10. The molecule has 6 heteroatoms. The number of hydrogen-bond donors (Lipinski definition) is 2. The number of ether oxygens (including phenoxy) is 1. The lowest BCUT2D eigenvalue weighted by molar-refractivity contribution is 0.329. The van der Waals surface area contributed by atoms with E-state index in [-0.39, 0.29) is 0 Å². The summed E-state index contributed by atoms with van der Waals surface area (Å²) in [5.74, 6) is 1.20. The number of anilines is 2. The lowest BCUT2D eigenvalue weighted by atomic mass is 10.4. The van der Waals surface area contributed by atoms with Crippen molar-refractivity contribution in [1.29, 1.82) is 0 Å². The predicted octanol–water partition coefficient (Wildman–Crippen LogP) is 2.44. The highest BCUT2D eigenvalue weighted by atomic mass is 32.1. The van der Waals surface area contributed by atoms with E-state index in [4.69, 9.17) is 10.5 Å². The molecule has 0 bridgehead atoms. The van der Waals surface area contributed by atoms with Gasteiger partial charge in [-0.05, 0) is 26.0 Å². The van der Waals surface area contributed by atoms with Crippen LogP contribution in [-0.2, 0) is 6.54 Å². The van der Waals surface area contributed by atoms with Crippen LogP contribution in [0.25, 0.3) is 0 Å². The Bertz CT molecular complexity index is 527. The molecular weight excluding hydrogens is 248 g/mol. The van der Waals surface area contributed by atoms with Crippen LogP contribution in [-0.4, -0.2) is 16.6 Å². The SMILES string of the molecule is CCOc1nc(NCc2csc(C)n2)ccc1N. The molecule has 2 heterocycles. The van der Waals surface area contributed by atoms with Crippen LogP contribution in [0.3, 0.4) is 0 Å². The summed E-state index contributed by atoms with van der Waals surface area (Å²) < 4.78 is 5.34. The quantitative estimate of drug-likeness (QED) is 0.867. The minimum absolute atomic E-state index is 0.469. The second-order valence-electron chi connectivity index (χ2n) is 3.74. The molecule has 0 radical (unpaired) electrons. The summed E-state index contributed by atoms with van der Waals surface area (Å²) in [5, 5.41) is 6.29. The van der Waals surface area contributed by atoms with Crippen molar-refractivity contribution in [3.05, 3.63) is 28.2 Å². The van der Waals surface area contributed by atoms with Gasteiger partial charge in [0.15, 0.2) is 0 Å². The number of thiazole rings is 1. The van der Waals surface area contributed by atoms with E-state index in [9.17, 15) is 0 Å². The van der Waals surface area contributed by atoms with Gasteiger partial charge in [0.05, 0.1) is 29.5 Å². The van der Waals surface area contributed by atoms with Gasteiger partial charge in [-0.15, -0.1) is 11.3 Å². The zero-order chi connectivity index (χ0) is 13.0. The maximum Gasteiger partial charge on any atom is 0.239 e. The highest BCUT2D eigenvalue weighted by Crippen LogP contribution is 2.21. The van der Waals surface area contributed by atoms with Crippen molar-refractivity contribution >= 4 is 22.8 Å². The highest BCUT2D eigenvalue weighted by Gasteiger charge is 2.04. The van der Waals surface area contributed by atoms with Gasteiger partial charge < -0.3 is 15.8 Å². The van der Waals surface area contributed by atoms with Crippen LogP contribution in [0.4, 0.5) is 11.5 Å². The van der Waals surface area contributed by atoms with E-state index < -0.39 is 0 Å². The average Bonchev–Trinajstić information content (AvgIpc) is 2.76. The molecule has 0 fully saturated rings. The molecule has 0 aromatic carbocycles. The van der Waals surface area contributed by atoms with E-state index in [1.807, 2.05) is 25.3 Å². The Kier molecular flexibility index (Phi) is 3.99. The lowest BCUT2D eigenvalue weighted by Crippen LogP contribution is -2.05. The fourth-order valence-electron chi connectivity index (χ4n) is 1.47. The highest BCUT2D eigenvalue weighted by molar-refractivity contribution is 7.09. The van der Waals surface area contributed by atoms with Crippen LogP contribution in [0.5, 0.6) is 5.88 Å². The Hall–Kier alpha value is -1.82. The topological polar surface area (TPSA) is 73.1 Å². The Morgan fingerprint density at radius 2 is 2.22 bits per heavy atom. The molecule has 0 spiro atoms. The molecule has 2 aromatic rings. The second-order valence-corrected chi connectivity index (χ2v) is 4.80. The average molecular weight is 264 g/mol. The second kappa shape index (κ2) is 5.68. The molecule has 0 aliphatic carbocycles. The molecule has 0 atom stereocenters. The van der Waals surface area contributed by atoms with Crippen LogP contribution in [0.2, 0.25) is 0 Å². The third-order valence-electron chi connectivity index (χ3n) is 2.29. The van der Waals surface area contributed by atoms with Gasteiger partial charge >= 0.3 is 0 Å². The first-order valence-corrected chi connectivity index (χ1v) is 6.61. The number of hydrogen-bond acceptors (Lipinski definition) is 6. The molecule has 3 N–H and O–H groups in total. The van der Waals surface area contributed by atoms with Crippen molar-refractivity contribution in [2.45, 2.75) is 20.4 Å². The Morgan fingerprint density at radius 3 is 2.89 bits per heavy atom. The van der Waals surface area contributed by atoms with Crippen molar-refractivity contribution in [2.75, 3.05) is 17.7 Å². The van der Waals surface area contributed by atoms with Crippen molar-refractivity contribution in [1.82, 2.24) is 9.97 Å². The number of nitrogen functional groups attached to an aromatic ring is 1. The number of nitrogens with one attached hydrogen (secondary N) is 1. The summed E-state index contributed by atoms with van der Waals surface area (Å²) in [7, 11) is 0. The summed E-state index contributed by atoms with van der Waals surface area (Å²) in [6, 6.07) is 3.61. The van der Waals surface area contributed by atoms with Crippen LogP contribution in [0.1, 0.15) is 17.6 Å². The molecule has 0 amide bonds. The standard InChI is InChI=1S/C12H16N4OS/c1-3-17-12-10(13)4-5-11(16-12)14-6-9-7-18-8(2)15-9/h4-5,7H,3,6,13H2,1-2H3,(H,14,16). The molecule has 5 nitrogen and oxygen atoms in total. The van der Waals surface area contributed by atoms with Crippen LogP contribution in [0, 0.1) is 6.92 Å². The van der Waals surface area contributed by atoms with Gasteiger partial charge in [-0.2, -0.15) is 4.98 Å². The molecule has 0 aliphatic heterocycles. The van der Waals surface area contributed by atoms with E-state index in [0.717, 1.165) is 16.5 Å². The number of aryl methyl sites for hydroxylation is 1. The predicted molar refractivity (Wildman–Crippen MR) is 74.0 cm³/mol. The maximum absolute atomic E-state index is 5.76. The summed E-state index contributed by atoms with van der Waals surface area (Å²) in [5.41, 5.74) is 7.32. The van der Waals surface area contributed by atoms with E-state index in [0.29, 0.717) is 24.7 Å². The number of rotatable bonds is 5. The summed E-state index contributed by atoms with van der Waals surface area (Å²) in [6.07, 6.45) is 0. The summed E-state index contributed by atoms with van der Waals surface area (Å²) in [4.78, 5) is 8.68. The maximum atomic E-state index is 5.76. The van der Waals surface area contributed by atoms with Crippen molar-refractivity contribution in [3.63, 3.8) is 0 Å². The number of nitrogens with zero attached hydrogens (tertiary/aromatic N) is 2. The normalized spacial score (nSPS) is 10.3. The van der Waals surface area contributed by atoms with Gasteiger partial charge in [-0.25, -0.2) is 4.98 Å². The molecule has 2 rings (SSSR count). The van der Waals surface area contributed by atoms with Crippen LogP contribution < -0.4 is 15.8 Å².